The van der Waals surface area contributed by atoms with Crippen LogP contribution in [0.2, 0.25) is 0 Å². The predicted molar refractivity (Wildman–Crippen MR) is 127 cm³/mol. The zero-order chi connectivity index (χ0) is 20.2. The van der Waals surface area contributed by atoms with Crippen molar-refractivity contribution in [2.24, 2.45) is 5.10 Å². The van der Waals surface area contributed by atoms with Crippen LogP contribution in [-0.4, -0.2) is 22.8 Å². The molecule has 0 atom stereocenters. The number of hydrogen-bond donors (Lipinski definition) is 1. The topological polar surface area (TPSA) is 59.4 Å². The monoisotopic (exact) mass is 494 g/mol. The first-order valence-corrected chi connectivity index (χ1v) is 10.2. The van der Waals surface area contributed by atoms with E-state index in [0.29, 0.717) is 11.6 Å². The van der Waals surface area contributed by atoms with E-state index in [2.05, 4.69) is 57.4 Å². The second-order valence-corrected chi connectivity index (χ2v) is 7.70. The van der Waals surface area contributed by atoms with Gasteiger partial charge in [-0.15, -0.1) is 0 Å². The van der Waals surface area contributed by atoms with Gasteiger partial charge < -0.3 is 4.74 Å². The van der Waals surface area contributed by atoms with Crippen molar-refractivity contribution in [3.63, 3.8) is 0 Å². The first-order valence-electron chi connectivity index (χ1n) is 9.11. The number of fused-ring (bicyclic) bond motifs is 1. The van der Waals surface area contributed by atoms with Crippen LogP contribution in [0.3, 0.4) is 0 Å². The van der Waals surface area contributed by atoms with Crippen molar-refractivity contribution in [2.75, 3.05) is 12.5 Å². The Kier molecular flexibility index (Phi) is 5.71. The Bertz CT molecular complexity index is 1170. The van der Waals surface area contributed by atoms with Gasteiger partial charge in [0.15, 0.2) is 11.6 Å². The molecule has 0 aliphatic heterocycles. The number of hydrogen-bond acceptors (Lipinski definition) is 5. The van der Waals surface area contributed by atoms with Crippen molar-refractivity contribution in [2.45, 2.75) is 6.92 Å². The number of rotatable bonds is 5. The van der Waals surface area contributed by atoms with Crippen molar-refractivity contribution in [1.29, 1.82) is 0 Å². The number of hydrazone groups is 1. The quantitative estimate of drug-likeness (QED) is 0.218. The highest BCUT2D eigenvalue weighted by molar-refractivity contribution is 14.1. The molecule has 0 aliphatic carbocycles. The third-order valence-corrected chi connectivity index (χ3v) is 5.26. The zero-order valence-corrected chi connectivity index (χ0v) is 18.2. The van der Waals surface area contributed by atoms with Crippen LogP contribution in [0.25, 0.3) is 22.3 Å². The van der Waals surface area contributed by atoms with Gasteiger partial charge in [-0.3, -0.25) is 5.43 Å². The molecule has 4 rings (SSSR count). The smallest absolute Gasteiger partial charge is 0.162 e. The average Bonchev–Trinajstić information content (AvgIpc) is 2.77. The van der Waals surface area contributed by atoms with Crippen LogP contribution < -0.4 is 10.2 Å². The van der Waals surface area contributed by atoms with Crippen molar-refractivity contribution in [3.8, 4) is 17.1 Å². The number of nitrogens with zero attached hydrogens (tertiary/aromatic N) is 3. The van der Waals surface area contributed by atoms with E-state index in [0.717, 1.165) is 33.5 Å². The molecule has 1 N–H and O–H groups in total. The normalized spacial score (nSPS) is 11.5. The second-order valence-electron chi connectivity index (χ2n) is 6.46. The van der Waals surface area contributed by atoms with Crippen molar-refractivity contribution in [1.82, 2.24) is 9.97 Å². The Morgan fingerprint density at radius 1 is 0.931 bits per heavy atom. The van der Waals surface area contributed by atoms with Gasteiger partial charge in [0, 0.05) is 14.5 Å². The fourth-order valence-electron chi connectivity index (χ4n) is 2.92. The molecule has 0 fully saturated rings. The SMILES string of the molecule is COc1ccc(-c2nc(N/N=C(/C)c3ccc(I)cc3)c3ccccc3n2)cc1. The highest BCUT2D eigenvalue weighted by atomic mass is 127. The average molecular weight is 494 g/mol. The summed E-state index contributed by atoms with van der Waals surface area (Å²) in [5, 5.41) is 5.48. The largest absolute Gasteiger partial charge is 0.497 e. The van der Waals surface area contributed by atoms with Gasteiger partial charge in [-0.1, -0.05) is 24.3 Å². The molecule has 1 heterocycles. The minimum Gasteiger partial charge on any atom is -0.497 e. The van der Waals surface area contributed by atoms with Crippen molar-refractivity contribution < 1.29 is 4.74 Å². The Morgan fingerprint density at radius 3 is 2.38 bits per heavy atom. The molecule has 144 valence electrons. The Labute approximate surface area is 183 Å². The summed E-state index contributed by atoms with van der Waals surface area (Å²) in [4.78, 5) is 9.45. The molecule has 0 bridgehead atoms. The summed E-state index contributed by atoms with van der Waals surface area (Å²) in [7, 11) is 1.65. The first-order chi connectivity index (χ1) is 14.1. The maximum absolute atomic E-state index is 5.24. The van der Waals surface area contributed by atoms with Gasteiger partial charge in [-0.2, -0.15) is 5.10 Å². The molecule has 1 aromatic heterocycles. The van der Waals surface area contributed by atoms with E-state index in [1.807, 2.05) is 55.5 Å². The lowest BCUT2D eigenvalue weighted by atomic mass is 10.1. The predicted octanol–water partition coefficient (Wildman–Crippen LogP) is 5.75. The van der Waals surface area contributed by atoms with Gasteiger partial charge in [-0.25, -0.2) is 9.97 Å². The van der Waals surface area contributed by atoms with E-state index in [4.69, 9.17) is 14.7 Å². The summed E-state index contributed by atoms with van der Waals surface area (Å²) in [5.74, 6) is 2.10. The fraction of sp³-hybridized carbons (Fsp3) is 0.0870. The molecule has 5 nitrogen and oxygen atoms in total. The number of aromatic nitrogens is 2. The number of para-hydroxylation sites is 1. The van der Waals surface area contributed by atoms with Crippen LogP contribution in [0.5, 0.6) is 5.75 Å². The van der Waals surface area contributed by atoms with E-state index >= 15 is 0 Å². The van der Waals surface area contributed by atoms with Crippen LogP contribution in [0, 0.1) is 3.57 Å². The lowest BCUT2D eigenvalue weighted by Gasteiger charge is -2.09. The van der Waals surface area contributed by atoms with Crippen LogP contribution >= 0.6 is 22.6 Å². The standard InChI is InChI=1S/C23H19IN4O/c1-15(16-7-11-18(24)12-8-16)27-28-23-20-5-3-4-6-21(20)25-22(26-23)17-9-13-19(29-2)14-10-17/h3-14H,1-2H3,(H,25,26,28)/b27-15-. The number of ether oxygens (including phenoxy) is 1. The molecular weight excluding hydrogens is 475 g/mol. The van der Waals surface area contributed by atoms with Gasteiger partial charge in [0.05, 0.1) is 18.3 Å². The molecular formula is C23H19IN4O. The number of halogens is 1. The van der Waals surface area contributed by atoms with E-state index in [1.165, 1.54) is 3.57 Å². The highest BCUT2D eigenvalue weighted by Crippen LogP contribution is 2.26. The third kappa shape index (κ3) is 4.37. The number of methoxy groups -OCH3 is 1. The summed E-state index contributed by atoms with van der Waals surface area (Å²) in [6.07, 6.45) is 0. The van der Waals surface area contributed by atoms with Crippen LogP contribution in [0.4, 0.5) is 5.82 Å². The van der Waals surface area contributed by atoms with Gasteiger partial charge in [0.25, 0.3) is 0 Å². The second kappa shape index (κ2) is 8.57. The van der Waals surface area contributed by atoms with E-state index in [9.17, 15) is 0 Å². The van der Waals surface area contributed by atoms with Crippen molar-refractivity contribution >= 4 is 45.0 Å². The lowest BCUT2D eigenvalue weighted by molar-refractivity contribution is 0.415. The Hall–Kier alpha value is -3.00. The highest BCUT2D eigenvalue weighted by Gasteiger charge is 2.09. The van der Waals surface area contributed by atoms with E-state index in [-0.39, 0.29) is 0 Å². The first kappa shape index (κ1) is 19.3. The summed E-state index contributed by atoms with van der Waals surface area (Å²) < 4.78 is 6.43. The van der Waals surface area contributed by atoms with Crippen LogP contribution in [0.1, 0.15) is 12.5 Å². The summed E-state index contributed by atoms with van der Waals surface area (Å²) in [6, 6.07) is 23.9. The van der Waals surface area contributed by atoms with E-state index in [1.54, 1.807) is 7.11 Å². The number of benzene rings is 3. The van der Waals surface area contributed by atoms with Gasteiger partial charge >= 0.3 is 0 Å². The fourth-order valence-corrected chi connectivity index (χ4v) is 3.28. The molecule has 3 aromatic carbocycles. The zero-order valence-electron chi connectivity index (χ0n) is 16.1. The molecule has 6 heteroatoms. The van der Waals surface area contributed by atoms with Gasteiger partial charge in [0.2, 0.25) is 0 Å². The maximum atomic E-state index is 5.24. The molecule has 0 amide bonds. The molecule has 0 spiro atoms. The van der Waals surface area contributed by atoms with Gasteiger partial charge in [0.1, 0.15) is 5.75 Å². The molecule has 4 aromatic rings. The molecule has 0 saturated heterocycles. The minimum atomic E-state index is 0.635. The van der Waals surface area contributed by atoms with E-state index < -0.39 is 0 Å². The van der Waals surface area contributed by atoms with Crippen LogP contribution in [-0.2, 0) is 0 Å². The minimum absolute atomic E-state index is 0.635. The number of anilines is 1. The van der Waals surface area contributed by atoms with Crippen molar-refractivity contribution in [3.05, 3.63) is 81.9 Å². The molecule has 0 unspecified atom stereocenters. The Morgan fingerprint density at radius 2 is 1.66 bits per heavy atom. The molecule has 0 aliphatic rings. The summed E-state index contributed by atoms with van der Waals surface area (Å²) in [6.45, 7) is 1.98. The van der Waals surface area contributed by atoms with Gasteiger partial charge in [-0.05, 0) is 83.6 Å². The molecule has 29 heavy (non-hydrogen) atoms. The lowest BCUT2D eigenvalue weighted by Crippen LogP contribution is -2.03. The number of nitrogens with one attached hydrogen (secondary N) is 1. The summed E-state index contributed by atoms with van der Waals surface area (Å²) in [5.41, 5.74) is 6.86. The van der Waals surface area contributed by atoms with Crippen LogP contribution in [0.15, 0.2) is 77.9 Å². The molecule has 0 radical (unpaired) electrons. The maximum Gasteiger partial charge on any atom is 0.162 e. The Balaban J connectivity index is 1.72. The molecule has 0 saturated carbocycles. The third-order valence-electron chi connectivity index (χ3n) is 4.54. The summed E-state index contributed by atoms with van der Waals surface area (Å²) >= 11 is 2.29.